The number of anilines is 1. The van der Waals surface area contributed by atoms with Gasteiger partial charge in [0, 0.05) is 10.6 Å². The Kier molecular flexibility index (Phi) is 4.51. The lowest BCUT2D eigenvalue weighted by molar-refractivity contribution is 0.102. The number of para-hydroxylation sites is 1. The molecular formula is C13H14N2O3S2. The first-order valence-corrected chi connectivity index (χ1v) is 8.03. The maximum atomic E-state index is 12.0. The van der Waals surface area contributed by atoms with Crippen LogP contribution in [0.4, 0.5) is 5.13 Å². The topological polar surface area (TPSA) is 79.3 Å². The molecule has 0 bridgehead atoms. The van der Waals surface area contributed by atoms with Crippen molar-refractivity contribution in [1.82, 2.24) is 4.98 Å². The third-order valence-corrected chi connectivity index (χ3v) is 4.87. The average Bonchev–Trinajstić information content (AvgIpc) is 2.86. The Hall–Kier alpha value is -1.73. The number of nitrogens with one attached hydrogen (secondary N) is 1. The van der Waals surface area contributed by atoms with Crippen LogP contribution in [0.2, 0.25) is 0 Å². The molecule has 5 nitrogen and oxygen atoms in total. The van der Waals surface area contributed by atoms with Gasteiger partial charge in [-0.2, -0.15) is 0 Å². The van der Waals surface area contributed by atoms with E-state index in [2.05, 4.69) is 10.3 Å². The van der Waals surface area contributed by atoms with Crippen LogP contribution >= 0.6 is 11.3 Å². The maximum Gasteiger partial charge on any atom is 0.261 e. The zero-order chi connectivity index (χ0) is 14.7. The number of rotatable bonds is 4. The fourth-order valence-corrected chi connectivity index (χ4v) is 3.29. The van der Waals surface area contributed by atoms with Crippen molar-refractivity contribution in [3.05, 3.63) is 35.2 Å². The molecule has 106 valence electrons. The molecule has 1 amide bonds. The Morgan fingerprint density at radius 3 is 2.75 bits per heavy atom. The Morgan fingerprint density at radius 1 is 1.40 bits per heavy atom. The summed E-state index contributed by atoms with van der Waals surface area (Å²) in [6, 6.07) is 6.26. The van der Waals surface area contributed by atoms with Crippen molar-refractivity contribution in [3.8, 4) is 5.75 Å². The van der Waals surface area contributed by atoms with Gasteiger partial charge in [-0.15, -0.1) is 11.3 Å². The van der Waals surface area contributed by atoms with Crippen molar-refractivity contribution in [2.45, 2.75) is 24.1 Å². The molecule has 0 saturated carbocycles. The fraction of sp³-hybridized carbons (Fsp3) is 0.231. The standard InChI is InChI=1S/C13H14N2O3S2/c1-8(2)20(18)11-7-19-13(14-11)15-12(17)9-5-3-4-6-10(9)16/h3-8,16H,1-2H3,(H,14,15,17). The van der Waals surface area contributed by atoms with Gasteiger partial charge in [0.25, 0.3) is 5.91 Å². The maximum absolute atomic E-state index is 12.0. The second-order valence-corrected chi connectivity index (χ2v) is 7.12. The minimum absolute atomic E-state index is 0.0289. The number of amides is 1. The lowest BCUT2D eigenvalue weighted by Crippen LogP contribution is -2.12. The van der Waals surface area contributed by atoms with E-state index in [0.717, 1.165) is 0 Å². The summed E-state index contributed by atoms with van der Waals surface area (Å²) in [7, 11) is -1.18. The summed E-state index contributed by atoms with van der Waals surface area (Å²) in [5, 5.41) is 14.6. The lowest BCUT2D eigenvalue weighted by atomic mass is 10.2. The van der Waals surface area contributed by atoms with Crippen LogP contribution < -0.4 is 5.32 Å². The van der Waals surface area contributed by atoms with Crippen LogP contribution in [0.25, 0.3) is 0 Å². The molecule has 1 unspecified atom stereocenters. The number of carbonyl (C=O) groups excluding carboxylic acids is 1. The molecule has 0 aliphatic carbocycles. The molecule has 2 N–H and O–H groups in total. The first-order chi connectivity index (χ1) is 9.49. The molecule has 2 aromatic rings. The zero-order valence-corrected chi connectivity index (χ0v) is 12.6. The minimum atomic E-state index is -1.18. The highest BCUT2D eigenvalue weighted by Crippen LogP contribution is 2.22. The number of phenolic OH excluding ortho intramolecular Hbond substituents is 1. The van der Waals surface area contributed by atoms with Crippen molar-refractivity contribution in [1.29, 1.82) is 0 Å². The summed E-state index contributed by atoms with van der Waals surface area (Å²) in [6.07, 6.45) is 0. The normalized spacial score (nSPS) is 12.3. The summed E-state index contributed by atoms with van der Waals surface area (Å²) >= 11 is 1.21. The molecule has 20 heavy (non-hydrogen) atoms. The second-order valence-electron chi connectivity index (χ2n) is 4.31. The predicted molar refractivity (Wildman–Crippen MR) is 79.7 cm³/mol. The van der Waals surface area contributed by atoms with Gasteiger partial charge in [-0.25, -0.2) is 4.98 Å². The highest BCUT2D eigenvalue weighted by molar-refractivity contribution is 7.85. The van der Waals surface area contributed by atoms with Crippen molar-refractivity contribution < 1.29 is 14.1 Å². The Labute approximate surface area is 123 Å². The summed E-state index contributed by atoms with van der Waals surface area (Å²) in [4.78, 5) is 16.1. The average molecular weight is 310 g/mol. The lowest BCUT2D eigenvalue weighted by Gasteiger charge is -2.03. The number of aromatic hydroxyl groups is 1. The van der Waals surface area contributed by atoms with Crippen LogP contribution in [0, 0.1) is 0 Å². The summed E-state index contributed by atoms with van der Waals surface area (Å²) in [6.45, 7) is 3.69. The number of phenols is 1. The van der Waals surface area contributed by atoms with Crippen LogP contribution in [0.15, 0.2) is 34.7 Å². The largest absolute Gasteiger partial charge is 0.507 e. The molecule has 0 spiro atoms. The van der Waals surface area contributed by atoms with Gasteiger partial charge < -0.3 is 5.11 Å². The quantitative estimate of drug-likeness (QED) is 0.910. The van der Waals surface area contributed by atoms with Gasteiger partial charge in [-0.05, 0) is 12.1 Å². The minimum Gasteiger partial charge on any atom is -0.507 e. The number of hydrogen-bond donors (Lipinski definition) is 2. The van der Waals surface area contributed by atoms with Gasteiger partial charge in [-0.3, -0.25) is 14.3 Å². The molecule has 7 heteroatoms. The van der Waals surface area contributed by atoms with Crippen LogP contribution in [-0.2, 0) is 10.8 Å². The Morgan fingerprint density at radius 2 is 2.10 bits per heavy atom. The molecule has 1 aromatic heterocycles. The van der Waals surface area contributed by atoms with E-state index >= 15 is 0 Å². The van der Waals surface area contributed by atoms with E-state index < -0.39 is 16.7 Å². The van der Waals surface area contributed by atoms with Crippen molar-refractivity contribution in [3.63, 3.8) is 0 Å². The molecule has 1 atom stereocenters. The number of nitrogens with zero attached hydrogens (tertiary/aromatic N) is 1. The summed E-state index contributed by atoms with van der Waals surface area (Å²) in [5.74, 6) is -0.535. The van der Waals surface area contributed by atoms with E-state index in [1.54, 1.807) is 17.5 Å². The number of carbonyl (C=O) groups is 1. The monoisotopic (exact) mass is 310 g/mol. The number of thiazole rings is 1. The smallest absolute Gasteiger partial charge is 0.261 e. The molecule has 0 radical (unpaired) electrons. The third-order valence-electron chi connectivity index (χ3n) is 2.49. The third kappa shape index (κ3) is 3.23. The Balaban J connectivity index is 2.13. The Bertz CT molecular complexity index is 653. The summed E-state index contributed by atoms with van der Waals surface area (Å²) < 4.78 is 11.9. The number of benzene rings is 1. The first kappa shape index (κ1) is 14.7. The van der Waals surface area contributed by atoms with E-state index in [-0.39, 0.29) is 16.6 Å². The van der Waals surface area contributed by atoms with Gasteiger partial charge >= 0.3 is 0 Å². The van der Waals surface area contributed by atoms with E-state index in [1.165, 1.54) is 23.5 Å². The van der Waals surface area contributed by atoms with E-state index in [9.17, 15) is 14.1 Å². The van der Waals surface area contributed by atoms with Crippen molar-refractivity contribution in [2.75, 3.05) is 5.32 Å². The van der Waals surface area contributed by atoms with Crippen molar-refractivity contribution >= 4 is 33.2 Å². The molecular weight excluding hydrogens is 296 g/mol. The zero-order valence-electron chi connectivity index (χ0n) is 11.0. The molecule has 0 aliphatic rings. The van der Waals surface area contributed by atoms with Crippen LogP contribution in [-0.4, -0.2) is 25.5 Å². The number of hydrogen-bond acceptors (Lipinski definition) is 5. The van der Waals surface area contributed by atoms with E-state index in [1.807, 2.05) is 13.8 Å². The number of aromatic nitrogens is 1. The molecule has 1 aromatic carbocycles. The first-order valence-electron chi connectivity index (χ1n) is 5.94. The summed E-state index contributed by atoms with van der Waals surface area (Å²) in [5.41, 5.74) is 0.175. The molecule has 0 aliphatic heterocycles. The SMILES string of the molecule is CC(C)S(=O)c1csc(NC(=O)c2ccccc2O)n1. The van der Waals surface area contributed by atoms with Gasteiger partial charge in [0.1, 0.15) is 10.8 Å². The van der Waals surface area contributed by atoms with Gasteiger partial charge in [0.15, 0.2) is 5.13 Å². The van der Waals surface area contributed by atoms with Crippen molar-refractivity contribution in [2.24, 2.45) is 0 Å². The van der Waals surface area contributed by atoms with Crippen LogP contribution in [0.1, 0.15) is 24.2 Å². The van der Waals surface area contributed by atoms with Gasteiger partial charge in [0.05, 0.1) is 16.4 Å². The molecule has 0 saturated heterocycles. The fourth-order valence-electron chi connectivity index (χ4n) is 1.48. The second kappa shape index (κ2) is 6.15. The highest BCUT2D eigenvalue weighted by Gasteiger charge is 2.15. The van der Waals surface area contributed by atoms with Gasteiger partial charge in [0.2, 0.25) is 0 Å². The molecule has 2 rings (SSSR count). The van der Waals surface area contributed by atoms with Gasteiger partial charge in [-0.1, -0.05) is 26.0 Å². The highest BCUT2D eigenvalue weighted by atomic mass is 32.2. The predicted octanol–water partition coefficient (Wildman–Crippen LogP) is 2.62. The van der Waals surface area contributed by atoms with Crippen LogP contribution in [0.3, 0.4) is 0 Å². The van der Waals surface area contributed by atoms with E-state index in [0.29, 0.717) is 10.2 Å². The van der Waals surface area contributed by atoms with E-state index in [4.69, 9.17) is 0 Å². The molecule has 1 heterocycles. The van der Waals surface area contributed by atoms with Crippen LogP contribution in [0.5, 0.6) is 5.75 Å². The molecule has 0 fully saturated rings.